The number of benzene rings is 2. The van der Waals surface area contributed by atoms with E-state index in [0.29, 0.717) is 28.1 Å². The highest BCUT2D eigenvalue weighted by molar-refractivity contribution is 7.93. The molecule has 0 aliphatic heterocycles. The van der Waals surface area contributed by atoms with Crippen LogP contribution in [0.5, 0.6) is 5.75 Å². The molecule has 1 aliphatic carbocycles. The maximum absolute atomic E-state index is 12.3. The van der Waals surface area contributed by atoms with Crippen LogP contribution in [0.4, 0.5) is 0 Å². The Bertz CT molecular complexity index is 721. The molecule has 0 saturated heterocycles. The Kier molecular flexibility index (Phi) is 2.66. The Morgan fingerprint density at radius 3 is 2.05 bits per heavy atom. The lowest BCUT2D eigenvalue weighted by Gasteiger charge is -2.17. The first kappa shape index (κ1) is 12.0. The second-order valence-corrected chi connectivity index (χ2v) is 4.84. The van der Waals surface area contributed by atoms with E-state index < -0.39 is 0 Å². The Balaban J connectivity index is 2.26. The van der Waals surface area contributed by atoms with Gasteiger partial charge in [-0.3, -0.25) is 9.59 Å². The monoisotopic (exact) mass is 272 g/mol. The van der Waals surface area contributed by atoms with E-state index in [1.165, 1.54) is 30.3 Å². The summed E-state index contributed by atoms with van der Waals surface area (Å²) in [6.07, 6.45) is 0. The van der Waals surface area contributed by atoms with Gasteiger partial charge in [0.2, 0.25) is 0 Å². The lowest BCUT2D eigenvalue weighted by atomic mass is 9.84. The quantitative estimate of drug-likeness (QED) is 0.666. The molecule has 3 rings (SSSR count). The summed E-state index contributed by atoms with van der Waals surface area (Å²) in [5.74, 6) is -0.633. The number of phenols is 1. The van der Waals surface area contributed by atoms with Crippen molar-refractivity contribution in [1.29, 1.82) is 0 Å². The summed E-state index contributed by atoms with van der Waals surface area (Å²) in [6, 6.07) is 8.71. The smallest absolute Gasteiger partial charge is 0.194 e. The molecule has 0 amide bonds. The van der Waals surface area contributed by atoms with Gasteiger partial charge >= 0.3 is 0 Å². The number of phenolic OH excluding ortho intramolecular Hbond substituents is 1. The molecule has 0 aromatic heterocycles. The zero-order chi connectivity index (χ0) is 13.6. The highest BCUT2D eigenvalue weighted by atomic mass is 32.2. The topological polar surface area (TPSA) is 74.6 Å². The van der Waals surface area contributed by atoms with Gasteiger partial charge in [-0.1, -0.05) is 0 Å². The van der Waals surface area contributed by atoms with Gasteiger partial charge in [0.15, 0.2) is 11.6 Å². The summed E-state index contributed by atoms with van der Waals surface area (Å²) in [4.78, 5) is 25.1. The van der Waals surface area contributed by atoms with E-state index in [1.54, 1.807) is 6.07 Å². The van der Waals surface area contributed by atoms with Crippen LogP contribution < -0.4 is 0 Å². The third-order valence-corrected chi connectivity index (χ3v) is 3.54. The SMILES string of the molecule is O=C1c2ccc(O)cc2C(=O)c2cc(SO)ccc21. The van der Waals surface area contributed by atoms with Crippen LogP contribution in [-0.2, 0) is 0 Å². The number of carbonyl (C=O) groups excluding carboxylic acids is 2. The first-order valence-electron chi connectivity index (χ1n) is 5.49. The van der Waals surface area contributed by atoms with Gasteiger partial charge in [0, 0.05) is 39.2 Å². The lowest BCUT2D eigenvalue weighted by Crippen LogP contribution is -2.20. The fraction of sp³-hybridized carbons (Fsp3) is 0. The van der Waals surface area contributed by atoms with Crippen LogP contribution in [0, 0.1) is 0 Å². The van der Waals surface area contributed by atoms with Crippen LogP contribution in [0.15, 0.2) is 41.3 Å². The second-order valence-electron chi connectivity index (χ2n) is 4.19. The summed E-state index contributed by atoms with van der Waals surface area (Å²) in [6.45, 7) is 0. The highest BCUT2D eigenvalue weighted by Gasteiger charge is 2.30. The third kappa shape index (κ3) is 1.75. The summed E-state index contributed by atoms with van der Waals surface area (Å²) in [7, 11) is 0. The van der Waals surface area contributed by atoms with E-state index in [1.807, 2.05) is 0 Å². The van der Waals surface area contributed by atoms with Crippen LogP contribution in [0.1, 0.15) is 31.8 Å². The van der Waals surface area contributed by atoms with E-state index in [0.717, 1.165) is 0 Å². The minimum absolute atomic E-state index is 0.0592. The second kappa shape index (κ2) is 4.22. The Morgan fingerprint density at radius 2 is 1.37 bits per heavy atom. The first-order chi connectivity index (χ1) is 9.11. The van der Waals surface area contributed by atoms with E-state index in [-0.39, 0.29) is 28.4 Å². The van der Waals surface area contributed by atoms with Crippen LogP contribution in [-0.4, -0.2) is 21.2 Å². The number of rotatable bonds is 1. The zero-order valence-corrected chi connectivity index (χ0v) is 10.4. The highest BCUT2D eigenvalue weighted by Crippen LogP contribution is 2.31. The summed E-state index contributed by atoms with van der Waals surface area (Å²) < 4.78 is 9.01. The molecule has 5 heteroatoms. The minimum Gasteiger partial charge on any atom is -0.508 e. The third-order valence-electron chi connectivity index (χ3n) is 3.08. The molecule has 2 N–H and O–H groups in total. The van der Waals surface area contributed by atoms with Crippen molar-refractivity contribution in [1.82, 2.24) is 0 Å². The number of carbonyl (C=O) groups is 2. The van der Waals surface area contributed by atoms with Crippen LogP contribution in [0.25, 0.3) is 0 Å². The molecule has 19 heavy (non-hydrogen) atoms. The molecule has 0 radical (unpaired) electrons. The maximum Gasteiger partial charge on any atom is 0.194 e. The molecule has 0 saturated carbocycles. The molecule has 0 unspecified atom stereocenters. The Hall–Kier alpha value is -2.11. The minimum atomic E-state index is -0.323. The maximum atomic E-state index is 12.3. The van der Waals surface area contributed by atoms with Crippen molar-refractivity contribution in [3.05, 3.63) is 58.7 Å². The van der Waals surface area contributed by atoms with Crippen molar-refractivity contribution >= 4 is 23.6 Å². The Labute approximate surface area is 112 Å². The normalized spacial score (nSPS) is 13.1. The van der Waals surface area contributed by atoms with Crippen LogP contribution >= 0.6 is 12.0 Å². The van der Waals surface area contributed by atoms with E-state index in [2.05, 4.69) is 0 Å². The van der Waals surface area contributed by atoms with Gasteiger partial charge in [0.05, 0.1) is 0 Å². The van der Waals surface area contributed by atoms with Crippen molar-refractivity contribution in [2.24, 2.45) is 0 Å². The average molecular weight is 272 g/mol. The average Bonchev–Trinajstić information content (AvgIpc) is 2.44. The molecule has 0 atom stereocenters. The standard InChI is InChI=1S/C14H8O4S/c15-7-1-3-9-11(5-7)14(17)12-6-8(19-18)2-4-10(12)13(9)16/h1-6,15,18H. The molecule has 2 aromatic carbocycles. The van der Waals surface area contributed by atoms with Gasteiger partial charge in [-0.15, -0.1) is 0 Å². The van der Waals surface area contributed by atoms with E-state index in [9.17, 15) is 14.7 Å². The van der Waals surface area contributed by atoms with Crippen molar-refractivity contribution in [2.75, 3.05) is 0 Å². The molecular weight excluding hydrogens is 264 g/mol. The largest absolute Gasteiger partial charge is 0.508 e. The fourth-order valence-corrected chi connectivity index (χ4v) is 2.47. The van der Waals surface area contributed by atoms with Crippen LogP contribution in [0.3, 0.4) is 0 Å². The van der Waals surface area contributed by atoms with Gasteiger partial charge < -0.3 is 9.66 Å². The molecule has 2 aromatic rings. The fourth-order valence-electron chi connectivity index (χ4n) is 2.17. The van der Waals surface area contributed by atoms with Gasteiger partial charge in [-0.2, -0.15) is 0 Å². The van der Waals surface area contributed by atoms with Gasteiger partial charge in [-0.25, -0.2) is 0 Å². The number of fused-ring (bicyclic) bond motifs is 2. The summed E-state index contributed by atoms with van der Waals surface area (Å²) in [5.41, 5.74) is 1.06. The summed E-state index contributed by atoms with van der Waals surface area (Å²) >= 11 is 0.516. The zero-order valence-electron chi connectivity index (χ0n) is 9.58. The van der Waals surface area contributed by atoms with Crippen molar-refractivity contribution < 1.29 is 19.2 Å². The number of aromatic hydroxyl groups is 1. The van der Waals surface area contributed by atoms with Gasteiger partial charge in [0.25, 0.3) is 0 Å². The number of ketones is 2. The van der Waals surface area contributed by atoms with Gasteiger partial charge in [0.1, 0.15) is 5.75 Å². The van der Waals surface area contributed by atoms with Crippen molar-refractivity contribution in [3.8, 4) is 5.75 Å². The Morgan fingerprint density at radius 1 is 0.789 bits per heavy atom. The summed E-state index contributed by atoms with van der Waals surface area (Å²) in [5, 5.41) is 9.43. The molecule has 0 bridgehead atoms. The molecule has 4 nitrogen and oxygen atoms in total. The molecule has 0 fully saturated rings. The van der Waals surface area contributed by atoms with E-state index >= 15 is 0 Å². The number of hydrogen-bond donors (Lipinski definition) is 2. The predicted octanol–water partition coefficient (Wildman–Crippen LogP) is 2.73. The molecule has 0 heterocycles. The molecule has 94 valence electrons. The molecular formula is C14H8O4S. The molecule has 0 spiro atoms. The molecule has 1 aliphatic rings. The van der Waals surface area contributed by atoms with Crippen molar-refractivity contribution in [2.45, 2.75) is 4.90 Å². The van der Waals surface area contributed by atoms with E-state index in [4.69, 9.17) is 4.55 Å². The predicted molar refractivity (Wildman–Crippen MR) is 69.9 cm³/mol. The lowest BCUT2D eigenvalue weighted by molar-refractivity contribution is 0.0978. The first-order valence-corrected chi connectivity index (χ1v) is 6.27. The van der Waals surface area contributed by atoms with Gasteiger partial charge in [-0.05, 0) is 36.4 Å². The number of hydrogen-bond acceptors (Lipinski definition) is 5. The van der Waals surface area contributed by atoms with Crippen LogP contribution in [0.2, 0.25) is 0 Å². The van der Waals surface area contributed by atoms with Crippen molar-refractivity contribution in [3.63, 3.8) is 0 Å².